The van der Waals surface area contributed by atoms with Crippen molar-refractivity contribution in [3.8, 4) is 0 Å². The van der Waals surface area contributed by atoms with Gasteiger partial charge in [-0.2, -0.15) is 0 Å². The maximum absolute atomic E-state index is 14.4. The predicted octanol–water partition coefficient (Wildman–Crippen LogP) is 7.86. The van der Waals surface area contributed by atoms with Gasteiger partial charge in [-0.3, -0.25) is 9.52 Å². The number of amides is 1. The Bertz CT molecular complexity index is 1560. The molecule has 1 saturated carbocycles. The van der Waals surface area contributed by atoms with Crippen LogP contribution in [0.1, 0.15) is 62.3 Å². The molecule has 1 aliphatic carbocycles. The van der Waals surface area contributed by atoms with E-state index >= 15 is 0 Å². The fraction of sp³-hybridized carbons (Fsp3) is 0.344. The molecule has 0 radical (unpaired) electrons. The molecule has 0 unspecified atom stereocenters. The van der Waals surface area contributed by atoms with E-state index in [4.69, 9.17) is 27.9 Å². The van der Waals surface area contributed by atoms with Gasteiger partial charge in [0, 0.05) is 22.5 Å². The molecule has 1 N–H and O–H groups in total. The molecule has 222 valence electrons. The van der Waals surface area contributed by atoms with Crippen LogP contribution in [0, 0.1) is 5.82 Å². The Kier molecular flexibility index (Phi) is 8.99. The summed E-state index contributed by atoms with van der Waals surface area (Å²) in [6, 6.07) is 19.2. The highest BCUT2D eigenvalue weighted by atomic mass is 35.5. The zero-order valence-electron chi connectivity index (χ0n) is 23.2. The largest absolute Gasteiger partial charge is 0.358 e. The average molecular weight is 632 g/mol. The van der Waals surface area contributed by atoms with Crippen LogP contribution >= 0.6 is 23.2 Å². The second kappa shape index (κ2) is 12.4. The van der Waals surface area contributed by atoms with Gasteiger partial charge in [0.1, 0.15) is 18.0 Å². The molecule has 0 aromatic heterocycles. The Morgan fingerprint density at radius 3 is 2.40 bits per heavy atom. The molecule has 1 heterocycles. The third kappa shape index (κ3) is 6.09. The predicted molar refractivity (Wildman–Crippen MR) is 165 cm³/mol. The van der Waals surface area contributed by atoms with E-state index in [-0.39, 0.29) is 24.4 Å². The van der Waals surface area contributed by atoms with E-state index in [1.807, 2.05) is 37.3 Å². The third-order valence-corrected chi connectivity index (χ3v) is 10.9. The summed E-state index contributed by atoms with van der Waals surface area (Å²) < 4.78 is 49.6. The second-order valence-corrected chi connectivity index (χ2v) is 13.9. The van der Waals surface area contributed by atoms with Crippen LogP contribution in [0.25, 0.3) is 0 Å². The van der Waals surface area contributed by atoms with E-state index in [2.05, 4.69) is 11.3 Å². The minimum atomic E-state index is -3.98. The Morgan fingerprint density at radius 1 is 1.07 bits per heavy atom. The normalized spacial score (nSPS) is 22.4. The van der Waals surface area contributed by atoms with Crippen molar-refractivity contribution >= 4 is 44.8 Å². The Labute approximate surface area is 256 Å². The first kappa shape index (κ1) is 30.5. The standard InChI is InChI=1S/C32H33Cl2FN2O4S/c1-3-8-28-31(38)37(25(4-2)20-32(17-18-32)42(39,40)36-27-12-6-5-11-26(27)35)29(21-13-15-23(33)16-14-21)30(41-28)22-9-7-10-24(34)19-22/h3,5-7,9-16,19,25,28-30,36H,1,4,8,17-18,20H2,2H3/t25-,28-,29+,30+/m0/s1. The van der Waals surface area contributed by atoms with Gasteiger partial charge in [-0.1, -0.05) is 72.6 Å². The number of anilines is 1. The molecule has 5 rings (SSSR count). The lowest BCUT2D eigenvalue weighted by Crippen LogP contribution is -2.55. The molecule has 0 spiro atoms. The van der Waals surface area contributed by atoms with Crippen molar-refractivity contribution < 1.29 is 22.3 Å². The van der Waals surface area contributed by atoms with Gasteiger partial charge in [-0.25, -0.2) is 12.8 Å². The van der Waals surface area contributed by atoms with E-state index in [9.17, 15) is 17.6 Å². The van der Waals surface area contributed by atoms with Crippen molar-refractivity contribution in [3.63, 3.8) is 0 Å². The number of para-hydroxylation sites is 1. The van der Waals surface area contributed by atoms with Crippen molar-refractivity contribution in [2.24, 2.45) is 0 Å². The maximum Gasteiger partial charge on any atom is 0.252 e. The van der Waals surface area contributed by atoms with Crippen LogP contribution in [0.2, 0.25) is 10.0 Å². The lowest BCUT2D eigenvalue weighted by molar-refractivity contribution is -0.179. The maximum atomic E-state index is 14.4. The van der Waals surface area contributed by atoms with E-state index in [0.717, 1.165) is 11.1 Å². The van der Waals surface area contributed by atoms with E-state index in [1.165, 1.54) is 18.2 Å². The van der Waals surface area contributed by atoms with Gasteiger partial charge in [-0.15, -0.1) is 6.58 Å². The number of carbonyl (C=O) groups is 1. The van der Waals surface area contributed by atoms with Crippen molar-refractivity contribution in [2.75, 3.05) is 4.72 Å². The van der Waals surface area contributed by atoms with Crippen LogP contribution in [0.3, 0.4) is 0 Å². The van der Waals surface area contributed by atoms with Crippen molar-refractivity contribution in [2.45, 2.75) is 68.1 Å². The first-order chi connectivity index (χ1) is 20.1. The van der Waals surface area contributed by atoms with E-state index in [0.29, 0.717) is 29.3 Å². The van der Waals surface area contributed by atoms with Crippen LogP contribution < -0.4 is 4.72 Å². The molecule has 2 aliphatic rings. The highest BCUT2D eigenvalue weighted by Crippen LogP contribution is 2.51. The molecule has 1 amide bonds. The molecule has 42 heavy (non-hydrogen) atoms. The van der Waals surface area contributed by atoms with E-state index in [1.54, 1.807) is 35.2 Å². The minimum Gasteiger partial charge on any atom is -0.358 e. The summed E-state index contributed by atoms with van der Waals surface area (Å²) >= 11 is 12.6. The van der Waals surface area contributed by atoms with Gasteiger partial charge >= 0.3 is 0 Å². The van der Waals surface area contributed by atoms with Crippen LogP contribution in [0.5, 0.6) is 0 Å². The van der Waals surface area contributed by atoms with Crippen molar-refractivity contribution in [3.05, 3.63) is 112 Å². The number of nitrogens with one attached hydrogen (secondary N) is 1. The smallest absolute Gasteiger partial charge is 0.252 e. The molecule has 0 bridgehead atoms. The Hall–Kier alpha value is -2.91. The Morgan fingerprint density at radius 2 is 1.79 bits per heavy atom. The summed E-state index contributed by atoms with van der Waals surface area (Å²) in [5.74, 6) is -0.887. The lowest BCUT2D eigenvalue weighted by atomic mass is 9.88. The number of hydrogen-bond donors (Lipinski definition) is 1. The molecule has 3 aromatic rings. The number of morpholine rings is 1. The fourth-order valence-corrected chi connectivity index (χ4v) is 7.85. The summed E-state index contributed by atoms with van der Waals surface area (Å²) in [7, 11) is -3.98. The number of rotatable bonds is 11. The highest BCUT2D eigenvalue weighted by molar-refractivity contribution is 7.94. The van der Waals surface area contributed by atoms with Crippen molar-refractivity contribution in [1.29, 1.82) is 0 Å². The molecule has 2 fully saturated rings. The number of hydrogen-bond acceptors (Lipinski definition) is 4. The van der Waals surface area contributed by atoms with Gasteiger partial charge in [0.15, 0.2) is 0 Å². The second-order valence-electron chi connectivity index (χ2n) is 10.9. The number of sulfonamides is 1. The molecule has 6 nitrogen and oxygen atoms in total. The quantitative estimate of drug-likeness (QED) is 0.219. The number of nitrogens with zero attached hydrogens (tertiary/aromatic N) is 1. The topological polar surface area (TPSA) is 75.7 Å². The molecule has 3 aromatic carbocycles. The Balaban J connectivity index is 1.56. The van der Waals surface area contributed by atoms with Gasteiger partial charge in [0.25, 0.3) is 5.91 Å². The summed E-state index contributed by atoms with van der Waals surface area (Å²) in [6.45, 7) is 5.76. The molecule has 4 atom stereocenters. The SMILES string of the molecule is C=CC[C@@H]1O[C@H](c2cccc(Cl)c2)[C@@H](c2ccc(Cl)cc2)N([C@@H](CC)CC2(S(=O)(=O)Nc3ccccc3F)CC2)C1=O. The van der Waals surface area contributed by atoms with Crippen LogP contribution in [-0.4, -0.2) is 36.1 Å². The summed E-state index contributed by atoms with van der Waals surface area (Å²) in [5, 5.41) is 1.08. The number of carbonyl (C=O) groups excluding carboxylic acids is 1. The third-order valence-electron chi connectivity index (χ3n) is 8.16. The number of benzene rings is 3. The lowest BCUT2D eigenvalue weighted by Gasteiger charge is -2.48. The fourth-order valence-electron chi connectivity index (χ4n) is 5.80. The molecule has 1 aliphatic heterocycles. The minimum absolute atomic E-state index is 0.0922. The van der Waals surface area contributed by atoms with Crippen molar-refractivity contribution in [1.82, 2.24) is 4.90 Å². The van der Waals surface area contributed by atoms with E-state index < -0.39 is 44.9 Å². The number of halogens is 3. The summed E-state index contributed by atoms with van der Waals surface area (Å²) in [4.78, 5) is 16.0. The monoisotopic (exact) mass is 630 g/mol. The highest BCUT2D eigenvalue weighted by Gasteiger charge is 2.57. The first-order valence-corrected chi connectivity index (χ1v) is 16.2. The van der Waals surface area contributed by atoms with Crippen LogP contribution in [-0.2, 0) is 19.6 Å². The van der Waals surface area contributed by atoms with Crippen LogP contribution in [0.15, 0.2) is 85.5 Å². The molecule has 1 saturated heterocycles. The van der Waals surface area contributed by atoms with Gasteiger partial charge in [0.05, 0.1) is 16.5 Å². The zero-order chi connectivity index (χ0) is 30.1. The molecule has 10 heteroatoms. The molecular formula is C32H33Cl2FN2O4S. The molecular weight excluding hydrogens is 598 g/mol. The average Bonchev–Trinajstić information content (AvgIpc) is 3.76. The van der Waals surface area contributed by atoms with Crippen LogP contribution in [0.4, 0.5) is 10.1 Å². The summed E-state index contributed by atoms with van der Waals surface area (Å²) in [5.41, 5.74) is 1.50. The van der Waals surface area contributed by atoms with Gasteiger partial charge < -0.3 is 9.64 Å². The number of ether oxygens (including phenoxy) is 1. The first-order valence-electron chi connectivity index (χ1n) is 14.0. The summed E-state index contributed by atoms with van der Waals surface area (Å²) in [6.07, 6.45) is 2.02. The van der Waals surface area contributed by atoms with Gasteiger partial charge in [0.2, 0.25) is 10.0 Å². The van der Waals surface area contributed by atoms with Gasteiger partial charge in [-0.05, 0) is 73.2 Å². The zero-order valence-corrected chi connectivity index (χ0v) is 25.5.